The maximum atomic E-state index is 11.4. The summed E-state index contributed by atoms with van der Waals surface area (Å²) in [4.78, 5) is 22.4. The van der Waals surface area contributed by atoms with Crippen molar-refractivity contribution in [2.45, 2.75) is 0 Å². The summed E-state index contributed by atoms with van der Waals surface area (Å²) in [5, 5.41) is 0. The minimum atomic E-state index is -0.570. The standard InChI is InChI=1S/C11H10O5/c1-14-11(13)7-2-3-9-10(8(7)6-12)16-5-4-15-9/h2-3,6H,4-5H2,1H3. The number of carbonyl (C=O) groups excluding carboxylic acids is 2. The van der Waals surface area contributed by atoms with E-state index in [4.69, 9.17) is 9.47 Å². The molecule has 2 rings (SSSR count). The topological polar surface area (TPSA) is 61.8 Å². The first-order valence-corrected chi connectivity index (χ1v) is 4.74. The first kappa shape index (κ1) is 10.5. The average molecular weight is 222 g/mol. The summed E-state index contributed by atoms with van der Waals surface area (Å²) in [5.41, 5.74) is 0.353. The second kappa shape index (κ2) is 4.22. The van der Waals surface area contributed by atoms with Gasteiger partial charge in [-0.05, 0) is 12.1 Å². The van der Waals surface area contributed by atoms with E-state index in [0.717, 1.165) is 0 Å². The SMILES string of the molecule is COC(=O)c1ccc2c(c1C=O)OCCO2. The molecule has 0 aromatic heterocycles. The van der Waals surface area contributed by atoms with Crippen molar-refractivity contribution in [1.29, 1.82) is 0 Å². The van der Waals surface area contributed by atoms with E-state index < -0.39 is 5.97 Å². The van der Waals surface area contributed by atoms with Gasteiger partial charge in [0.25, 0.3) is 0 Å². The van der Waals surface area contributed by atoms with E-state index in [1.807, 2.05) is 0 Å². The molecular weight excluding hydrogens is 212 g/mol. The van der Waals surface area contributed by atoms with Crippen molar-refractivity contribution in [1.82, 2.24) is 0 Å². The maximum absolute atomic E-state index is 11.4. The van der Waals surface area contributed by atoms with Gasteiger partial charge < -0.3 is 14.2 Å². The fraction of sp³-hybridized carbons (Fsp3) is 0.273. The highest BCUT2D eigenvalue weighted by atomic mass is 16.6. The number of hydrogen-bond acceptors (Lipinski definition) is 5. The molecule has 0 amide bonds. The summed E-state index contributed by atoms with van der Waals surface area (Å²) < 4.78 is 15.2. The number of carbonyl (C=O) groups is 2. The predicted molar refractivity (Wildman–Crippen MR) is 54.2 cm³/mol. The molecule has 84 valence electrons. The van der Waals surface area contributed by atoms with E-state index in [0.29, 0.717) is 31.0 Å². The van der Waals surface area contributed by atoms with Gasteiger partial charge in [-0.15, -0.1) is 0 Å². The van der Waals surface area contributed by atoms with E-state index >= 15 is 0 Å². The van der Waals surface area contributed by atoms with Crippen molar-refractivity contribution < 1.29 is 23.8 Å². The van der Waals surface area contributed by atoms with Crippen LogP contribution in [0.5, 0.6) is 11.5 Å². The van der Waals surface area contributed by atoms with E-state index in [9.17, 15) is 9.59 Å². The van der Waals surface area contributed by atoms with Crippen molar-refractivity contribution in [3.63, 3.8) is 0 Å². The molecule has 0 atom stereocenters. The molecule has 16 heavy (non-hydrogen) atoms. The minimum absolute atomic E-state index is 0.170. The minimum Gasteiger partial charge on any atom is -0.486 e. The number of fused-ring (bicyclic) bond motifs is 1. The summed E-state index contributed by atoms with van der Waals surface area (Å²) >= 11 is 0. The van der Waals surface area contributed by atoms with Crippen LogP contribution in [0.2, 0.25) is 0 Å². The molecule has 0 radical (unpaired) electrons. The zero-order chi connectivity index (χ0) is 11.5. The Labute approximate surface area is 91.9 Å². The van der Waals surface area contributed by atoms with Crippen molar-refractivity contribution in [3.05, 3.63) is 23.3 Å². The number of esters is 1. The van der Waals surface area contributed by atoms with Crippen LogP contribution in [0.15, 0.2) is 12.1 Å². The molecule has 0 aliphatic carbocycles. The molecule has 0 saturated heterocycles. The monoisotopic (exact) mass is 222 g/mol. The molecule has 0 spiro atoms. The Bertz CT molecular complexity index is 438. The van der Waals surface area contributed by atoms with E-state index in [2.05, 4.69) is 4.74 Å². The third-order valence-corrected chi connectivity index (χ3v) is 2.27. The van der Waals surface area contributed by atoms with Crippen LogP contribution in [0.3, 0.4) is 0 Å². The molecule has 0 saturated carbocycles. The second-order valence-electron chi connectivity index (χ2n) is 3.16. The molecule has 0 unspecified atom stereocenters. The van der Waals surface area contributed by atoms with Crippen LogP contribution in [-0.2, 0) is 4.74 Å². The number of methoxy groups -OCH3 is 1. The quantitative estimate of drug-likeness (QED) is 0.553. The molecule has 5 nitrogen and oxygen atoms in total. The van der Waals surface area contributed by atoms with Gasteiger partial charge in [0.1, 0.15) is 13.2 Å². The summed E-state index contributed by atoms with van der Waals surface area (Å²) in [6, 6.07) is 3.08. The molecule has 0 N–H and O–H groups in total. The average Bonchev–Trinajstić information content (AvgIpc) is 2.36. The Kier molecular flexibility index (Phi) is 2.76. The first-order chi connectivity index (χ1) is 7.77. The first-order valence-electron chi connectivity index (χ1n) is 4.74. The highest BCUT2D eigenvalue weighted by Gasteiger charge is 2.22. The number of rotatable bonds is 2. The van der Waals surface area contributed by atoms with Crippen molar-refractivity contribution >= 4 is 12.3 Å². The molecule has 1 aliphatic rings. The van der Waals surface area contributed by atoms with Crippen LogP contribution in [0.25, 0.3) is 0 Å². The zero-order valence-corrected chi connectivity index (χ0v) is 8.69. The summed E-state index contributed by atoms with van der Waals surface area (Å²) in [7, 11) is 1.26. The van der Waals surface area contributed by atoms with Crippen molar-refractivity contribution in [2.24, 2.45) is 0 Å². The Balaban J connectivity index is 2.56. The van der Waals surface area contributed by atoms with Gasteiger partial charge in [-0.3, -0.25) is 4.79 Å². The maximum Gasteiger partial charge on any atom is 0.338 e. The molecule has 1 aromatic rings. The normalized spacial score (nSPS) is 13.1. The van der Waals surface area contributed by atoms with E-state index in [-0.39, 0.29) is 11.1 Å². The van der Waals surface area contributed by atoms with E-state index in [1.165, 1.54) is 13.2 Å². The lowest BCUT2D eigenvalue weighted by molar-refractivity contribution is 0.0597. The fourth-order valence-electron chi connectivity index (χ4n) is 1.54. The molecule has 0 bridgehead atoms. The smallest absolute Gasteiger partial charge is 0.338 e. The van der Waals surface area contributed by atoms with Gasteiger partial charge in [-0.25, -0.2) is 4.79 Å². The van der Waals surface area contributed by atoms with Crippen LogP contribution in [0.4, 0.5) is 0 Å². The molecule has 5 heteroatoms. The fourth-order valence-corrected chi connectivity index (χ4v) is 1.54. The van der Waals surface area contributed by atoms with Crippen LogP contribution in [-0.4, -0.2) is 32.6 Å². The third-order valence-electron chi connectivity index (χ3n) is 2.27. The largest absolute Gasteiger partial charge is 0.486 e. The summed E-state index contributed by atoms with van der Waals surface area (Å²) in [6.07, 6.45) is 0.569. The number of aldehydes is 1. The molecule has 0 fully saturated rings. The lowest BCUT2D eigenvalue weighted by atomic mass is 10.1. The van der Waals surface area contributed by atoms with Gasteiger partial charge in [0.2, 0.25) is 0 Å². The van der Waals surface area contributed by atoms with Crippen LogP contribution in [0, 0.1) is 0 Å². The molecule has 1 aromatic carbocycles. The summed E-state index contributed by atoms with van der Waals surface area (Å²) in [5.74, 6) is 0.212. The molecule has 1 aliphatic heterocycles. The Hall–Kier alpha value is -2.04. The van der Waals surface area contributed by atoms with Crippen molar-refractivity contribution in [3.8, 4) is 11.5 Å². The highest BCUT2D eigenvalue weighted by Crippen LogP contribution is 2.35. The lowest BCUT2D eigenvalue weighted by Crippen LogP contribution is -2.18. The van der Waals surface area contributed by atoms with Gasteiger partial charge in [0.15, 0.2) is 17.8 Å². The second-order valence-corrected chi connectivity index (χ2v) is 3.16. The predicted octanol–water partition coefficient (Wildman–Crippen LogP) is 1.06. The zero-order valence-electron chi connectivity index (χ0n) is 8.69. The Morgan fingerprint density at radius 1 is 1.38 bits per heavy atom. The highest BCUT2D eigenvalue weighted by molar-refractivity contribution is 6.00. The van der Waals surface area contributed by atoms with E-state index in [1.54, 1.807) is 6.07 Å². The Morgan fingerprint density at radius 3 is 2.81 bits per heavy atom. The van der Waals surface area contributed by atoms with Crippen LogP contribution < -0.4 is 9.47 Å². The van der Waals surface area contributed by atoms with Gasteiger partial charge in [0.05, 0.1) is 18.2 Å². The number of hydrogen-bond donors (Lipinski definition) is 0. The van der Waals surface area contributed by atoms with Crippen LogP contribution >= 0.6 is 0 Å². The Morgan fingerprint density at radius 2 is 2.12 bits per heavy atom. The van der Waals surface area contributed by atoms with Crippen LogP contribution in [0.1, 0.15) is 20.7 Å². The third kappa shape index (κ3) is 1.60. The van der Waals surface area contributed by atoms with Gasteiger partial charge in [0, 0.05) is 0 Å². The molecular formula is C11H10O5. The number of benzene rings is 1. The van der Waals surface area contributed by atoms with Gasteiger partial charge in [-0.1, -0.05) is 0 Å². The van der Waals surface area contributed by atoms with Crippen molar-refractivity contribution in [2.75, 3.05) is 20.3 Å². The lowest BCUT2D eigenvalue weighted by Gasteiger charge is -2.20. The summed E-state index contributed by atoms with van der Waals surface area (Å²) in [6.45, 7) is 0.793. The van der Waals surface area contributed by atoms with Gasteiger partial charge in [-0.2, -0.15) is 0 Å². The van der Waals surface area contributed by atoms with Gasteiger partial charge >= 0.3 is 5.97 Å². The number of ether oxygens (including phenoxy) is 3. The molecule has 1 heterocycles.